The second kappa shape index (κ2) is 15.5. The number of Topliss-reactive ketones (excluding diaryl/α,β-unsaturated/α-hetero) is 1. The lowest BCUT2D eigenvalue weighted by Crippen LogP contribution is -2.71. The average molecular weight is 755 g/mol. The summed E-state index contributed by atoms with van der Waals surface area (Å²) in [4.78, 5) is 59.5. The van der Waals surface area contributed by atoms with Crippen LogP contribution in [-0.2, 0) is 32.6 Å². The number of aromatic nitrogens is 1. The van der Waals surface area contributed by atoms with Crippen LogP contribution in [0.4, 0.5) is 5.69 Å². The van der Waals surface area contributed by atoms with Crippen LogP contribution in [0.3, 0.4) is 0 Å². The van der Waals surface area contributed by atoms with Gasteiger partial charge in [0.25, 0.3) is 5.91 Å². The van der Waals surface area contributed by atoms with Crippen molar-refractivity contribution in [3.8, 4) is 0 Å². The van der Waals surface area contributed by atoms with E-state index >= 15 is 4.79 Å². The quantitative estimate of drug-likeness (QED) is 0.242. The van der Waals surface area contributed by atoms with E-state index in [1.165, 1.54) is 0 Å². The summed E-state index contributed by atoms with van der Waals surface area (Å²) in [6.07, 6.45) is 5.19. The number of aryl methyl sites for hydroxylation is 1. The number of carboxylic acid groups (broad SMARTS) is 1. The van der Waals surface area contributed by atoms with Crippen molar-refractivity contribution in [2.24, 2.45) is 18.4 Å². The van der Waals surface area contributed by atoms with Gasteiger partial charge in [-0.05, 0) is 62.3 Å². The molecular formula is C39H49Cl2N5O6. The number of para-hydroxylation sites is 1. The van der Waals surface area contributed by atoms with Crippen molar-refractivity contribution in [3.05, 3.63) is 63.8 Å². The Hall–Kier alpha value is -3.48. The number of nitrogens with zero attached hydrogens (tertiary/aromatic N) is 4. The number of carbonyl (C=O) groups is 4. The van der Waals surface area contributed by atoms with Crippen molar-refractivity contribution in [3.63, 3.8) is 0 Å². The number of aliphatic carboxylic acids is 1. The lowest BCUT2D eigenvalue weighted by Gasteiger charge is -2.52. The van der Waals surface area contributed by atoms with E-state index in [0.717, 1.165) is 23.7 Å². The molecule has 52 heavy (non-hydrogen) atoms. The van der Waals surface area contributed by atoms with Crippen LogP contribution in [0.1, 0.15) is 75.2 Å². The zero-order valence-electron chi connectivity index (χ0n) is 30.4. The van der Waals surface area contributed by atoms with Crippen LogP contribution in [-0.4, -0.2) is 99.2 Å². The molecule has 1 atom stereocenters. The van der Waals surface area contributed by atoms with Gasteiger partial charge < -0.3 is 24.6 Å². The summed E-state index contributed by atoms with van der Waals surface area (Å²) < 4.78 is 8.92. The number of ether oxygens (including phenoxy) is 1. The van der Waals surface area contributed by atoms with E-state index in [1.807, 2.05) is 61.6 Å². The number of fused-ring (bicyclic) bond motifs is 1. The van der Waals surface area contributed by atoms with Crippen molar-refractivity contribution in [1.29, 1.82) is 0 Å². The van der Waals surface area contributed by atoms with Gasteiger partial charge in [0.05, 0.1) is 28.3 Å². The summed E-state index contributed by atoms with van der Waals surface area (Å²) in [5.41, 5.74) is 1.73. The summed E-state index contributed by atoms with van der Waals surface area (Å²) in [7, 11) is 1.88. The zero-order chi connectivity index (χ0) is 37.4. The van der Waals surface area contributed by atoms with E-state index < -0.39 is 23.2 Å². The molecule has 3 fully saturated rings. The van der Waals surface area contributed by atoms with Gasteiger partial charge in [-0.25, -0.2) is 0 Å². The molecule has 0 bridgehead atoms. The van der Waals surface area contributed by atoms with Gasteiger partial charge in [-0.15, -0.1) is 0 Å². The number of likely N-dealkylation sites (tertiary alicyclic amines) is 1. The van der Waals surface area contributed by atoms with E-state index in [9.17, 15) is 19.5 Å². The second-order valence-electron chi connectivity index (χ2n) is 15.4. The number of ketones is 1. The number of carbonyl (C=O) groups excluding carboxylic acids is 3. The van der Waals surface area contributed by atoms with E-state index in [0.29, 0.717) is 81.8 Å². The minimum atomic E-state index is -1.44. The predicted octanol–water partition coefficient (Wildman–Crippen LogP) is 6.45. The summed E-state index contributed by atoms with van der Waals surface area (Å²) in [5, 5.41) is 13.9. The molecule has 2 aliphatic heterocycles. The Morgan fingerprint density at radius 3 is 2.15 bits per heavy atom. The first-order valence-electron chi connectivity index (χ1n) is 18.3. The number of anilines is 1. The molecule has 1 saturated carbocycles. The molecule has 3 aliphatic rings. The monoisotopic (exact) mass is 753 g/mol. The van der Waals surface area contributed by atoms with E-state index in [4.69, 9.17) is 27.9 Å². The third-order valence-electron chi connectivity index (χ3n) is 10.8. The van der Waals surface area contributed by atoms with Crippen LogP contribution < -0.4 is 5.32 Å². The van der Waals surface area contributed by atoms with Crippen LogP contribution >= 0.6 is 23.2 Å². The number of hydrogen-bond acceptors (Lipinski definition) is 7. The zero-order valence-corrected chi connectivity index (χ0v) is 31.9. The lowest BCUT2D eigenvalue weighted by atomic mass is 9.87. The third-order valence-corrected chi connectivity index (χ3v) is 11.4. The van der Waals surface area contributed by atoms with E-state index in [2.05, 4.69) is 15.1 Å². The van der Waals surface area contributed by atoms with Crippen molar-refractivity contribution < 1.29 is 29.0 Å². The van der Waals surface area contributed by atoms with Crippen LogP contribution in [0, 0.1) is 11.3 Å². The number of piperazine rings is 1. The molecule has 1 aliphatic carbocycles. The maximum atomic E-state index is 15.0. The molecule has 1 aromatic heterocycles. The molecule has 0 radical (unpaired) electrons. The molecule has 2 amide bonds. The first-order valence-corrected chi connectivity index (χ1v) is 19.0. The number of carboxylic acids is 1. The highest BCUT2D eigenvalue weighted by molar-refractivity contribution is 6.36. The van der Waals surface area contributed by atoms with Gasteiger partial charge in [0.1, 0.15) is 0 Å². The summed E-state index contributed by atoms with van der Waals surface area (Å²) in [6.45, 7) is 8.81. The van der Waals surface area contributed by atoms with Gasteiger partial charge >= 0.3 is 5.97 Å². The highest BCUT2D eigenvalue weighted by Gasteiger charge is 2.53. The molecule has 2 aromatic carbocycles. The fourth-order valence-electron chi connectivity index (χ4n) is 7.95. The fourth-order valence-corrected chi connectivity index (χ4v) is 8.42. The van der Waals surface area contributed by atoms with Gasteiger partial charge in [0.15, 0.2) is 5.78 Å². The largest absolute Gasteiger partial charge is 0.481 e. The number of halogens is 2. The van der Waals surface area contributed by atoms with Crippen LogP contribution in [0.15, 0.2) is 42.6 Å². The van der Waals surface area contributed by atoms with Gasteiger partial charge in [-0.3, -0.25) is 29.0 Å². The Morgan fingerprint density at radius 1 is 0.885 bits per heavy atom. The summed E-state index contributed by atoms with van der Waals surface area (Å²) in [6, 6.07) is 10.8. The molecule has 3 heterocycles. The molecule has 6 rings (SSSR count). The third kappa shape index (κ3) is 7.75. The van der Waals surface area contributed by atoms with Crippen LogP contribution in [0.2, 0.25) is 10.0 Å². The molecule has 3 aromatic rings. The van der Waals surface area contributed by atoms with Crippen molar-refractivity contribution >= 4 is 63.4 Å². The van der Waals surface area contributed by atoms with Crippen molar-refractivity contribution in [2.45, 2.75) is 77.7 Å². The van der Waals surface area contributed by atoms with Gasteiger partial charge in [-0.1, -0.05) is 62.2 Å². The first-order chi connectivity index (χ1) is 24.7. The molecule has 2 N–H and O–H groups in total. The second-order valence-corrected chi connectivity index (χ2v) is 16.2. The molecule has 13 heteroatoms. The molecule has 1 unspecified atom stereocenters. The molecule has 11 nitrogen and oxygen atoms in total. The SMILES string of the molecule is Cn1cc(C(=O)Nc2cc(Cl)c(CC(=O)C(OC3CCC(C(=O)O)CC3)(N3CCCC3)N3CCN(C(=O)C(C)(C)C)CC3)cc2Cl)c2ccccc21. The minimum absolute atomic E-state index is 0.0622. The van der Waals surface area contributed by atoms with E-state index in [1.54, 1.807) is 18.3 Å². The molecule has 2 saturated heterocycles. The molecule has 280 valence electrons. The minimum Gasteiger partial charge on any atom is -0.481 e. The number of benzene rings is 2. The van der Waals surface area contributed by atoms with Crippen molar-refractivity contribution in [1.82, 2.24) is 19.3 Å². The molecule has 0 spiro atoms. The Bertz CT molecular complexity index is 1830. The van der Waals surface area contributed by atoms with Gasteiger partial charge in [0, 0.05) is 80.3 Å². The molecular weight excluding hydrogens is 705 g/mol. The lowest BCUT2D eigenvalue weighted by molar-refractivity contribution is -0.260. The standard InChI is InChI=1S/C39H49Cl2N5O6/c1-38(2,3)37(51)44-17-19-46(20-18-44)39(45-15-7-8-16-45,52-27-13-11-25(12-14-27)36(49)50)34(47)22-26-21-31(41)32(23-30(26)40)42-35(48)29-24-43(4)33-10-6-5-9-28(29)33/h5-6,9-10,21,23-25,27H,7-8,11-20,22H2,1-4H3,(H,42,48)(H,49,50). The number of nitrogens with one attached hydrogen (secondary N) is 1. The van der Waals surface area contributed by atoms with Crippen molar-refractivity contribution in [2.75, 3.05) is 44.6 Å². The fraction of sp³-hybridized carbons (Fsp3) is 0.538. The Kier molecular flexibility index (Phi) is 11.4. The Balaban J connectivity index is 1.28. The Labute approximate surface area is 315 Å². The van der Waals surface area contributed by atoms with Gasteiger partial charge in [0.2, 0.25) is 11.8 Å². The highest BCUT2D eigenvalue weighted by atomic mass is 35.5. The average Bonchev–Trinajstić information content (AvgIpc) is 3.78. The maximum Gasteiger partial charge on any atom is 0.306 e. The Morgan fingerprint density at radius 2 is 1.52 bits per heavy atom. The van der Waals surface area contributed by atoms with Gasteiger partial charge in [-0.2, -0.15) is 0 Å². The summed E-state index contributed by atoms with van der Waals surface area (Å²) in [5.74, 6) is -3.14. The summed E-state index contributed by atoms with van der Waals surface area (Å²) >= 11 is 13.6. The normalized spacial score (nSPS) is 21.6. The van der Waals surface area contributed by atoms with Crippen LogP contribution in [0.5, 0.6) is 0 Å². The number of amides is 2. The van der Waals surface area contributed by atoms with Crippen LogP contribution in [0.25, 0.3) is 10.9 Å². The number of rotatable bonds is 10. The predicted molar refractivity (Wildman–Crippen MR) is 202 cm³/mol. The maximum absolute atomic E-state index is 15.0. The highest BCUT2D eigenvalue weighted by Crippen LogP contribution is 2.38. The number of hydrogen-bond donors (Lipinski definition) is 2. The van der Waals surface area contributed by atoms with E-state index in [-0.39, 0.29) is 40.2 Å². The first kappa shape index (κ1) is 38.3. The topological polar surface area (TPSA) is 124 Å². The smallest absolute Gasteiger partial charge is 0.306 e.